The fourth-order valence-corrected chi connectivity index (χ4v) is 3.00. The van der Waals surface area contributed by atoms with E-state index in [1.807, 2.05) is 0 Å². The van der Waals surface area contributed by atoms with Crippen LogP contribution in [0.3, 0.4) is 0 Å². The van der Waals surface area contributed by atoms with Crippen LogP contribution in [0.2, 0.25) is 0 Å². The Morgan fingerprint density at radius 3 is 2.05 bits per heavy atom. The molecule has 0 aromatic heterocycles. The van der Waals surface area contributed by atoms with Crippen molar-refractivity contribution in [3.8, 4) is 0 Å². The fraction of sp³-hybridized carbons (Fsp3) is 0.385. The van der Waals surface area contributed by atoms with Crippen molar-refractivity contribution in [3.05, 3.63) is 29.8 Å². The van der Waals surface area contributed by atoms with Gasteiger partial charge in [0.15, 0.2) is 0 Å². The van der Waals surface area contributed by atoms with Crippen LogP contribution < -0.4 is 0 Å². The first-order valence-electron chi connectivity index (χ1n) is 6.01. The van der Waals surface area contributed by atoms with E-state index in [4.69, 9.17) is 0 Å². The Balaban J connectivity index is 3.16. The maximum absolute atomic E-state index is 12.5. The topological polar surface area (TPSA) is 90.0 Å². The maximum atomic E-state index is 12.5. The Labute approximate surface area is 123 Å². The van der Waals surface area contributed by atoms with Gasteiger partial charge in [0.05, 0.1) is 19.1 Å². The molecule has 1 aromatic rings. The molecule has 7 nitrogen and oxygen atoms in total. The highest BCUT2D eigenvalue weighted by atomic mass is 32.2. The van der Waals surface area contributed by atoms with E-state index in [9.17, 15) is 18.0 Å². The minimum absolute atomic E-state index is 0.00435. The van der Waals surface area contributed by atoms with Gasteiger partial charge < -0.3 is 9.47 Å². The van der Waals surface area contributed by atoms with E-state index in [1.54, 1.807) is 19.1 Å². The number of rotatable bonds is 6. The smallest absolute Gasteiger partial charge is 0.321 e. The standard InChI is InChI=1S/C13H17NO6S/c1-10-5-4-6-11(7-10)21(17,18)14(8-12(15)19-2)9-13(16)20-3/h4-7H,8-9H2,1-3H3. The summed E-state index contributed by atoms with van der Waals surface area (Å²) in [5.74, 6) is -1.54. The van der Waals surface area contributed by atoms with Crippen molar-refractivity contribution < 1.29 is 27.5 Å². The number of esters is 2. The van der Waals surface area contributed by atoms with Crippen molar-refractivity contribution in [2.75, 3.05) is 27.3 Å². The predicted molar refractivity (Wildman–Crippen MR) is 74.0 cm³/mol. The van der Waals surface area contributed by atoms with Crippen LogP contribution in [-0.4, -0.2) is 52.0 Å². The number of sulfonamides is 1. The SMILES string of the molecule is COC(=O)CN(CC(=O)OC)S(=O)(=O)c1cccc(C)c1. The fourth-order valence-electron chi connectivity index (χ4n) is 1.57. The van der Waals surface area contributed by atoms with Crippen LogP contribution in [0.25, 0.3) is 0 Å². The van der Waals surface area contributed by atoms with Crippen LogP contribution in [0, 0.1) is 6.92 Å². The Kier molecular flexibility index (Phi) is 5.86. The van der Waals surface area contributed by atoms with Crippen LogP contribution >= 0.6 is 0 Å². The van der Waals surface area contributed by atoms with Crippen LogP contribution in [0.15, 0.2) is 29.2 Å². The highest BCUT2D eigenvalue weighted by Crippen LogP contribution is 2.17. The van der Waals surface area contributed by atoms with E-state index in [0.717, 1.165) is 24.1 Å². The summed E-state index contributed by atoms with van der Waals surface area (Å²) >= 11 is 0. The zero-order valence-electron chi connectivity index (χ0n) is 12.0. The molecule has 0 saturated carbocycles. The number of hydrogen-bond donors (Lipinski definition) is 0. The van der Waals surface area contributed by atoms with Gasteiger partial charge in [-0.05, 0) is 24.6 Å². The zero-order valence-corrected chi connectivity index (χ0v) is 12.8. The molecule has 0 aliphatic carbocycles. The molecule has 0 radical (unpaired) electrons. The zero-order chi connectivity index (χ0) is 16.0. The van der Waals surface area contributed by atoms with E-state index in [1.165, 1.54) is 12.1 Å². The van der Waals surface area contributed by atoms with Gasteiger partial charge in [-0.15, -0.1) is 0 Å². The summed E-state index contributed by atoms with van der Waals surface area (Å²) in [5, 5.41) is 0. The summed E-state index contributed by atoms with van der Waals surface area (Å²) in [5.41, 5.74) is 0.743. The van der Waals surface area contributed by atoms with Gasteiger partial charge in [0.1, 0.15) is 13.1 Å². The number of benzene rings is 1. The Morgan fingerprint density at radius 2 is 1.62 bits per heavy atom. The lowest BCUT2D eigenvalue weighted by molar-refractivity contribution is -0.143. The summed E-state index contributed by atoms with van der Waals surface area (Å²) in [4.78, 5) is 22.7. The van der Waals surface area contributed by atoms with Crippen LogP contribution in [0.4, 0.5) is 0 Å². The molecule has 0 amide bonds. The molecule has 21 heavy (non-hydrogen) atoms. The third kappa shape index (κ3) is 4.54. The van der Waals surface area contributed by atoms with Gasteiger partial charge in [0.25, 0.3) is 0 Å². The Hall–Kier alpha value is -1.93. The molecule has 0 spiro atoms. The molecule has 0 aliphatic heterocycles. The Bertz CT molecular complexity index is 607. The minimum atomic E-state index is -4.00. The molecule has 0 unspecified atom stereocenters. The second kappa shape index (κ2) is 7.19. The number of aryl methyl sites for hydroxylation is 1. The first kappa shape index (κ1) is 17.1. The highest BCUT2D eigenvalue weighted by molar-refractivity contribution is 7.89. The lowest BCUT2D eigenvalue weighted by Gasteiger charge is -2.20. The van der Waals surface area contributed by atoms with Gasteiger partial charge in [-0.3, -0.25) is 9.59 Å². The second-order valence-electron chi connectivity index (χ2n) is 4.24. The summed E-state index contributed by atoms with van der Waals surface area (Å²) in [6, 6.07) is 6.17. The van der Waals surface area contributed by atoms with Gasteiger partial charge in [-0.2, -0.15) is 4.31 Å². The van der Waals surface area contributed by atoms with E-state index < -0.39 is 35.1 Å². The van der Waals surface area contributed by atoms with Gasteiger partial charge >= 0.3 is 11.9 Å². The molecule has 1 rings (SSSR count). The molecule has 8 heteroatoms. The summed E-state index contributed by atoms with van der Waals surface area (Å²) in [7, 11) is -1.73. The summed E-state index contributed by atoms with van der Waals surface area (Å²) < 4.78 is 34.6. The number of ether oxygens (including phenoxy) is 2. The first-order chi connectivity index (χ1) is 9.81. The van der Waals surface area contributed by atoms with Gasteiger partial charge in [0, 0.05) is 0 Å². The van der Waals surface area contributed by atoms with E-state index in [0.29, 0.717) is 0 Å². The van der Waals surface area contributed by atoms with E-state index in [-0.39, 0.29) is 4.90 Å². The van der Waals surface area contributed by atoms with Crippen molar-refractivity contribution in [2.24, 2.45) is 0 Å². The number of carbonyl (C=O) groups is 2. The van der Waals surface area contributed by atoms with Gasteiger partial charge in [-0.1, -0.05) is 12.1 Å². The monoisotopic (exact) mass is 315 g/mol. The van der Waals surface area contributed by atoms with Crippen molar-refractivity contribution >= 4 is 22.0 Å². The molecule has 1 aromatic carbocycles. The van der Waals surface area contributed by atoms with Crippen LogP contribution in [0.5, 0.6) is 0 Å². The van der Waals surface area contributed by atoms with E-state index >= 15 is 0 Å². The first-order valence-corrected chi connectivity index (χ1v) is 7.45. The molecule has 0 saturated heterocycles. The number of hydrogen-bond acceptors (Lipinski definition) is 6. The van der Waals surface area contributed by atoms with Crippen LogP contribution in [0.1, 0.15) is 5.56 Å². The Morgan fingerprint density at radius 1 is 1.10 bits per heavy atom. The van der Waals surface area contributed by atoms with E-state index in [2.05, 4.69) is 9.47 Å². The number of methoxy groups -OCH3 is 2. The largest absolute Gasteiger partial charge is 0.468 e. The molecule has 0 N–H and O–H groups in total. The maximum Gasteiger partial charge on any atom is 0.321 e. The van der Waals surface area contributed by atoms with Crippen molar-refractivity contribution in [2.45, 2.75) is 11.8 Å². The second-order valence-corrected chi connectivity index (χ2v) is 6.18. The quantitative estimate of drug-likeness (QED) is 0.703. The van der Waals surface area contributed by atoms with Crippen molar-refractivity contribution in [1.29, 1.82) is 0 Å². The highest BCUT2D eigenvalue weighted by Gasteiger charge is 2.29. The van der Waals surface area contributed by atoms with Crippen LogP contribution in [-0.2, 0) is 29.1 Å². The van der Waals surface area contributed by atoms with Crippen molar-refractivity contribution in [3.63, 3.8) is 0 Å². The summed E-state index contributed by atoms with van der Waals surface area (Å²) in [6.07, 6.45) is 0. The molecule has 0 aliphatic rings. The molecule has 0 atom stereocenters. The third-order valence-electron chi connectivity index (χ3n) is 2.69. The molecule has 0 bridgehead atoms. The molecular formula is C13H17NO6S. The summed E-state index contributed by atoms with van der Waals surface area (Å²) in [6.45, 7) is 0.605. The van der Waals surface area contributed by atoms with Crippen molar-refractivity contribution in [1.82, 2.24) is 4.31 Å². The lowest BCUT2D eigenvalue weighted by atomic mass is 10.2. The predicted octanol–water partition coefficient (Wildman–Crippen LogP) is 0.332. The minimum Gasteiger partial charge on any atom is -0.468 e. The number of carbonyl (C=O) groups excluding carboxylic acids is 2. The third-order valence-corrected chi connectivity index (χ3v) is 4.48. The van der Waals surface area contributed by atoms with Gasteiger partial charge in [-0.25, -0.2) is 8.42 Å². The normalized spacial score (nSPS) is 11.2. The molecular weight excluding hydrogens is 298 g/mol. The number of nitrogens with zero attached hydrogens (tertiary/aromatic N) is 1. The average Bonchev–Trinajstić information content (AvgIpc) is 2.46. The molecule has 0 heterocycles. The lowest BCUT2D eigenvalue weighted by Crippen LogP contribution is -2.40. The average molecular weight is 315 g/mol. The molecule has 0 fully saturated rings. The molecule has 116 valence electrons. The van der Waals surface area contributed by atoms with Gasteiger partial charge in [0.2, 0.25) is 10.0 Å².